The topological polar surface area (TPSA) is 128 Å². The first kappa shape index (κ1) is 29.8. The van der Waals surface area contributed by atoms with Crippen molar-refractivity contribution in [3.05, 3.63) is 72.7 Å². The van der Waals surface area contributed by atoms with Crippen molar-refractivity contribution < 1.29 is 13.6 Å². The summed E-state index contributed by atoms with van der Waals surface area (Å²) in [6.45, 7) is 6.86. The Kier molecular flexibility index (Phi) is 7.75. The lowest BCUT2D eigenvalue weighted by Crippen LogP contribution is -2.27. The van der Waals surface area contributed by atoms with Crippen molar-refractivity contribution in [2.45, 2.75) is 20.8 Å². The number of imidazole rings is 1. The number of aromatic nitrogens is 6. The Morgan fingerprint density at radius 3 is 2.53 bits per heavy atom. The number of hydrogen-bond donors (Lipinski definition) is 4. The van der Waals surface area contributed by atoms with Crippen LogP contribution in [-0.4, -0.2) is 68.1 Å². The van der Waals surface area contributed by atoms with Crippen LogP contribution >= 0.6 is 0 Å². The molecule has 0 fully saturated rings. The van der Waals surface area contributed by atoms with Gasteiger partial charge in [-0.1, -0.05) is 32.9 Å². The second-order valence-corrected chi connectivity index (χ2v) is 12.2. The number of nitrogens with zero attached hydrogens (tertiary/aromatic N) is 5. The van der Waals surface area contributed by atoms with Gasteiger partial charge >= 0.3 is 0 Å². The predicted molar refractivity (Wildman–Crippen MR) is 173 cm³/mol. The average molecular weight is 610 g/mol. The molecule has 1 amide bonds. The second kappa shape index (κ2) is 11.7. The SMILES string of the molecule is CN(C)CCNc1cc(F)cc(-c2cccc3[nH]c(-c4n[nH]c5cnc(-c6cncc(NC(=O)C(C)(C)C)c6)c(F)c45)nc23)c1. The first-order valence-electron chi connectivity index (χ1n) is 14.5. The van der Waals surface area contributed by atoms with E-state index in [9.17, 15) is 9.18 Å². The van der Waals surface area contributed by atoms with Crippen molar-refractivity contribution in [3.63, 3.8) is 0 Å². The van der Waals surface area contributed by atoms with Gasteiger partial charge in [-0.3, -0.25) is 19.9 Å². The van der Waals surface area contributed by atoms with Crippen LogP contribution in [0.15, 0.2) is 61.1 Å². The number of nitrogens with one attached hydrogen (secondary N) is 4. The number of aromatic amines is 2. The van der Waals surface area contributed by atoms with Gasteiger partial charge in [0.05, 0.1) is 40.0 Å². The van der Waals surface area contributed by atoms with Gasteiger partial charge in [0.25, 0.3) is 0 Å². The third kappa shape index (κ3) is 6.09. The zero-order valence-corrected chi connectivity index (χ0v) is 25.6. The molecule has 4 aromatic heterocycles. The number of halogens is 2. The number of fused-ring (bicyclic) bond motifs is 2. The van der Waals surface area contributed by atoms with Gasteiger partial charge in [-0.2, -0.15) is 5.10 Å². The van der Waals surface area contributed by atoms with E-state index in [1.165, 1.54) is 30.7 Å². The van der Waals surface area contributed by atoms with Crippen molar-refractivity contribution in [2.24, 2.45) is 5.41 Å². The van der Waals surface area contributed by atoms with Gasteiger partial charge in [0.15, 0.2) is 11.6 Å². The van der Waals surface area contributed by atoms with Gasteiger partial charge in [-0.25, -0.2) is 13.8 Å². The van der Waals surface area contributed by atoms with Crippen LogP contribution in [0.3, 0.4) is 0 Å². The number of anilines is 2. The van der Waals surface area contributed by atoms with Gasteiger partial charge < -0.3 is 20.5 Å². The number of hydrogen-bond acceptors (Lipinski definition) is 7. The first-order valence-corrected chi connectivity index (χ1v) is 14.5. The smallest absolute Gasteiger partial charge is 0.229 e. The van der Waals surface area contributed by atoms with Crippen molar-refractivity contribution >= 4 is 39.2 Å². The van der Waals surface area contributed by atoms with Gasteiger partial charge in [0.2, 0.25) is 5.91 Å². The van der Waals surface area contributed by atoms with Crippen LogP contribution in [0.25, 0.3) is 55.8 Å². The highest BCUT2D eigenvalue weighted by Crippen LogP contribution is 2.35. The summed E-state index contributed by atoms with van der Waals surface area (Å²) >= 11 is 0. The summed E-state index contributed by atoms with van der Waals surface area (Å²) < 4.78 is 30.9. The minimum absolute atomic E-state index is 0.0513. The predicted octanol–water partition coefficient (Wildman–Crippen LogP) is 6.47. The zero-order valence-electron chi connectivity index (χ0n) is 25.6. The van der Waals surface area contributed by atoms with Crippen molar-refractivity contribution in [3.8, 4) is 33.9 Å². The summed E-state index contributed by atoms with van der Waals surface area (Å²) in [4.78, 5) is 31.1. The number of pyridine rings is 2. The Balaban J connectivity index is 1.38. The molecule has 4 N–H and O–H groups in total. The van der Waals surface area contributed by atoms with Crippen LogP contribution < -0.4 is 10.6 Å². The highest BCUT2D eigenvalue weighted by Gasteiger charge is 2.23. The molecule has 2 aromatic carbocycles. The summed E-state index contributed by atoms with van der Waals surface area (Å²) in [7, 11) is 3.95. The van der Waals surface area contributed by atoms with Crippen LogP contribution in [0.2, 0.25) is 0 Å². The molecule has 0 aliphatic carbocycles. The van der Waals surface area contributed by atoms with E-state index < -0.39 is 11.2 Å². The van der Waals surface area contributed by atoms with Gasteiger partial charge in [0, 0.05) is 41.5 Å². The minimum atomic E-state index is -0.615. The van der Waals surface area contributed by atoms with Crippen LogP contribution in [-0.2, 0) is 4.79 Å². The monoisotopic (exact) mass is 609 g/mol. The Morgan fingerprint density at radius 2 is 1.76 bits per heavy atom. The average Bonchev–Trinajstić information content (AvgIpc) is 3.61. The molecule has 0 aliphatic rings. The summed E-state index contributed by atoms with van der Waals surface area (Å²) in [6, 6.07) is 12.0. The molecule has 0 radical (unpaired) electrons. The molecular formula is C33H33F2N9O. The van der Waals surface area contributed by atoms with Crippen LogP contribution in [0, 0.1) is 17.0 Å². The number of carbonyl (C=O) groups is 1. The quantitative estimate of drug-likeness (QED) is 0.156. The number of carbonyl (C=O) groups excluding carboxylic acids is 1. The van der Waals surface area contributed by atoms with E-state index in [2.05, 4.69) is 35.8 Å². The Labute approximate surface area is 258 Å². The summed E-state index contributed by atoms with van der Waals surface area (Å²) in [5, 5.41) is 13.5. The molecule has 0 atom stereocenters. The van der Waals surface area contributed by atoms with Crippen LogP contribution in [0.4, 0.5) is 20.2 Å². The fraction of sp³-hybridized carbons (Fsp3) is 0.242. The summed E-state index contributed by atoms with van der Waals surface area (Å²) in [6.07, 6.45) is 4.48. The molecule has 10 nitrogen and oxygen atoms in total. The molecule has 4 heterocycles. The highest BCUT2D eigenvalue weighted by molar-refractivity contribution is 5.99. The molecule has 0 unspecified atom stereocenters. The Bertz CT molecular complexity index is 2040. The number of benzene rings is 2. The Hall–Kier alpha value is -5.23. The van der Waals surface area contributed by atoms with Gasteiger partial charge in [-0.05, 0) is 50.0 Å². The first-order chi connectivity index (χ1) is 21.5. The van der Waals surface area contributed by atoms with Gasteiger partial charge in [0.1, 0.15) is 17.2 Å². The lowest BCUT2D eigenvalue weighted by atomic mass is 9.95. The maximum atomic E-state index is 16.2. The second-order valence-electron chi connectivity index (χ2n) is 12.2. The van der Waals surface area contributed by atoms with E-state index in [4.69, 9.17) is 4.98 Å². The van der Waals surface area contributed by atoms with Crippen molar-refractivity contribution in [1.29, 1.82) is 0 Å². The van der Waals surface area contributed by atoms with E-state index in [-0.39, 0.29) is 28.5 Å². The number of para-hydroxylation sites is 1. The standard InChI is InChI=1S/C33H33F2N9O/c1-33(2,3)32(45)39-22-13-19(15-36-16-22)28-27(35)26-25(17-38-28)42-43-30(26)31-40-24-8-6-7-23(29(24)41-31)18-11-20(34)14-21(12-18)37-9-10-44(4)5/h6-8,11-17,37H,9-10H2,1-5H3,(H,39,45)(H,40,41)(H,42,43). The van der Waals surface area contributed by atoms with E-state index >= 15 is 4.39 Å². The molecule has 0 saturated carbocycles. The van der Waals surface area contributed by atoms with E-state index in [0.29, 0.717) is 57.0 Å². The van der Waals surface area contributed by atoms with E-state index in [0.717, 1.165) is 6.54 Å². The van der Waals surface area contributed by atoms with E-state index in [1.807, 2.05) is 43.3 Å². The molecule has 45 heavy (non-hydrogen) atoms. The lowest BCUT2D eigenvalue weighted by molar-refractivity contribution is -0.123. The molecule has 0 aliphatic heterocycles. The lowest BCUT2D eigenvalue weighted by Gasteiger charge is -2.17. The van der Waals surface area contributed by atoms with E-state index in [1.54, 1.807) is 26.8 Å². The largest absolute Gasteiger partial charge is 0.384 e. The van der Waals surface area contributed by atoms with Crippen LogP contribution in [0.5, 0.6) is 0 Å². The maximum absolute atomic E-state index is 16.2. The number of amides is 1. The van der Waals surface area contributed by atoms with Crippen LogP contribution in [0.1, 0.15) is 20.8 Å². The maximum Gasteiger partial charge on any atom is 0.229 e. The van der Waals surface area contributed by atoms with Gasteiger partial charge in [-0.15, -0.1) is 0 Å². The normalized spacial score (nSPS) is 11.9. The number of rotatable bonds is 8. The van der Waals surface area contributed by atoms with Crippen molar-refractivity contribution in [2.75, 3.05) is 37.8 Å². The summed E-state index contributed by atoms with van der Waals surface area (Å²) in [5.41, 5.74) is 4.22. The summed E-state index contributed by atoms with van der Waals surface area (Å²) in [5.74, 6) is -0.840. The molecule has 6 rings (SSSR count). The molecule has 6 aromatic rings. The minimum Gasteiger partial charge on any atom is -0.384 e. The Morgan fingerprint density at radius 1 is 0.956 bits per heavy atom. The molecule has 0 bridgehead atoms. The fourth-order valence-electron chi connectivity index (χ4n) is 4.95. The molecule has 0 saturated heterocycles. The fourth-order valence-corrected chi connectivity index (χ4v) is 4.95. The molecule has 0 spiro atoms. The van der Waals surface area contributed by atoms with Crippen molar-refractivity contribution in [1.82, 2.24) is 35.0 Å². The highest BCUT2D eigenvalue weighted by atomic mass is 19.1. The number of H-pyrrole nitrogens is 2. The molecular weight excluding hydrogens is 576 g/mol. The zero-order chi connectivity index (χ0) is 31.9. The molecule has 12 heteroatoms. The number of likely N-dealkylation sites (N-methyl/N-ethyl adjacent to an activating group) is 1. The third-order valence-corrected chi connectivity index (χ3v) is 7.33. The molecule has 230 valence electrons. The third-order valence-electron chi connectivity index (χ3n) is 7.33.